The summed E-state index contributed by atoms with van der Waals surface area (Å²) in [7, 11) is 0. The van der Waals surface area contributed by atoms with Crippen molar-refractivity contribution in [3.8, 4) is 51.3 Å². The Labute approximate surface area is 535 Å². The molecular formula is C85H49F2N7. The van der Waals surface area contributed by atoms with Gasteiger partial charge in [-0.25, -0.2) is 8.78 Å². The summed E-state index contributed by atoms with van der Waals surface area (Å²) in [6.07, 6.45) is 0. The van der Waals surface area contributed by atoms with Gasteiger partial charge in [0.1, 0.15) is 23.3 Å². The molecule has 20 aromatic rings. The molecule has 20 rings (SSSR count). The van der Waals surface area contributed by atoms with Gasteiger partial charge in [0.05, 0.1) is 77.6 Å². The first kappa shape index (κ1) is 52.0. The minimum Gasteiger partial charge on any atom is -0.309 e. The van der Waals surface area contributed by atoms with Crippen LogP contribution in [0.15, 0.2) is 297 Å². The standard InChI is InChI=1S/C85H49F2N7/c86-53-41-51(42-54(87)45-53)52-43-84(93-80-37-33-55(89-72-25-9-1-17-59(72)60-18-2-10-26-73(60)89)46-67(80)68-47-56(34-38-81(68)93)90-74-27-11-3-19-61(74)62-20-4-12-28-75(62)90)71(50-88)85(44-52)94-82-39-35-57(91-76-29-13-5-21-63(76)64-22-6-14-30-77(64)91)48-69(82)70-49-58(36-40-83(70)94)92-78-31-15-7-23-65(78)66-24-8-16-32-79(66)92/h1-49H. The Bertz CT molecular complexity index is 5790. The van der Waals surface area contributed by atoms with Gasteiger partial charge in [-0.2, -0.15) is 5.26 Å². The number of hydrogen-bond acceptors (Lipinski definition) is 1. The van der Waals surface area contributed by atoms with Crippen LogP contribution in [0.4, 0.5) is 8.78 Å². The number of fused-ring (bicyclic) bond motifs is 18. The Kier molecular flexibility index (Phi) is 10.9. The highest BCUT2D eigenvalue weighted by atomic mass is 19.1. The van der Waals surface area contributed by atoms with Crippen LogP contribution in [0, 0.1) is 23.0 Å². The molecule has 0 N–H and O–H groups in total. The number of benzene rings is 14. The second-order valence-electron chi connectivity index (χ2n) is 24.6. The van der Waals surface area contributed by atoms with Crippen LogP contribution >= 0.6 is 0 Å². The molecule has 0 fully saturated rings. The lowest BCUT2D eigenvalue weighted by molar-refractivity contribution is 0.584. The van der Waals surface area contributed by atoms with Crippen molar-refractivity contribution in [2.45, 2.75) is 0 Å². The molecule has 0 saturated heterocycles. The van der Waals surface area contributed by atoms with Gasteiger partial charge in [-0.05, 0) is 157 Å². The fourth-order valence-electron chi connectivity index (χ4n) is 15.8. The van der Waals surface area contributed by atoms with Gasteiger partial charge in [0, 0.05) is 93.5 Å². The van der Waals surface area contributed by atoms with E-state index in [1.807, 2.05) is 12.1 Å². The molecule has 14 aromatic carbocycles. The normalized spacial score (nSPS) is 12.1. The van der Waals surface area contributed by atoms with Gasteiger partial charge in [0.15, 0.2) is 0 Å². The van der Waals surface area contributed by atoms with Crippen LogP contribution in [-0.2, 0) is 0 Å². The predicted molar refractivity (Wildman–Crippen MR) is 383 cm³/mol. The van der Waals surface area contributed by atoms with Crippen LogP contribution in [0.1, 0.15) is 5.56 Å². The molecule has 0 aliphatic carbocycles. The van der Waals surface area contributed by atoms with E-state index in [1.165, 1.54) is 12.1 Å². The molecule has 0 amide bonds. The second kappa shape index (κ2) is 19.6. The van der Waals surface area contributed by atoms with Crippen molar-refractivity contribution in [3.05, 3.63) is 314 Å². The Morgan fingerprint density at radius 1 is 0.213 bits per heavy atom. The van der Waals surface area contributed by atoms with Gasteiger partial charge >= 0.3 is 0 Å². The van der Waals surface area contributed by atoms with Crippen molar-refractivity contribution < 1.29 is 8.78 Å². The predicted octanol–water partition coefficient (Wildman–Crippen LogP) is 22.1. The third kappa shape index (κ3) is 7.33. The molecule has 0 aliphatic rings. The Hall–Kier alpha value is -12.8. The van der Waals surface area contributed by atoms with Gasteiger partial charge in [0.25, 0.3) is 0 Å². The van der Waals surface area contributed by atoms with Crippen molar-refractivity contribution in [2.24, 2.45) is 0 Å². The highest BCUT2D eigenvalue weighted by Gasteiger charge is 2.27. The number of nitriles is 1. The van der Waals surface area contributed by atoms with Crippen molar-refractivity contribution in [2.75, 3.05) is 0 Å². The summed E-state index contributed by atoms with van der Waals surface area (Å²) in [6.45, 7) is 0. The summed E-state index contributed by atoms with van der Waals surface area (Å²) in [5.74, 6) is -1.41. The highest BCUT2D eigenvalue weighted by molar-refractivity contribution is 6.17. The van der Waals surface area contributed by atoms with E-state index in [0.717, 1.165) is 160 Å². The number of halogens is 2. The molecule has 0 saturated carbocycles. The Morgan fingerprint density at radius 2 is 0.426 bits per heavy atom. The van der Waals surface area contributed by atoms with Crippen molar-refractivity contribution in [1.29, 1.82) is 5.26 Å². The van der Waals surface area contributed by atoms with E-state index in [-0.39, 0.29) is 0 Å². The average Bonchev–Trinajstić information content (AvgIpc) is 1.55. The number of aromatic nitrogens is 6. The minimum atomic E-state index is -0.707. The average molecular weight is 1210 g/mol. The first-order valence-electron chi connectivity index (χ1n) is 31.6. The van der Waals surface area contributed by atoms with Crippen LogP contribution in [0.3, 0.4) is 0 Å². The first-order chi connectivity index (χ1) is 46.4. The monoisotopic (exact) mass is 1210 g/mol. The molecule has 0 unspecified atom stereocenters. The lowest BCUT2D eigenvalue weighted by Gasteiger charge is -2.19. The van der Waals surface area contributed by atoms with Gasteiger partial charge in [-0.1, -0.05) is 146 Å². The smallest absolute Gasteiger partial charge is 0.126 e. The van der Waals surface area contributed by atoms with Gasteiger partial charge in [-0.3, -0.25) is 0 Å². The zero-order valence-corrected chi connectivity index (χ0v) is 50.2. The second-order valence-corrected chi connectivity index (χ2v) is 24.6. The molecule has 9 heteroatoms. The maximum atomic E-state index is 15.9. The summed E-state index contributed by atoms with van der Waals surface area (Å²) in [5, 5.41) is 25.4. The maximum Gasteiger partial charge on any atom is 0.126 e. The minimum absolute atomic E-state index is 0.329. The quantitative estimate of drug-likeness (QED) is 0.157. The summed E-state index contributed by atoms with van der Waals surface area (Å²) < 4.78 is 45.6. The molecule has 94 heavy (non-hydrogen) atoms. The fourth-order valence-corrected chi connectivity index (χ4v) is 15.8. The summed E-state index contributed by atoms with van der Waals surface area (Å²) in [5.41, 5.74) is 18.3. The van der Waals surface area contributed by atoms with Gasteiger partial charge in [0.2, 0.25) is 0 Å². The SMILES string of the molecule is N#Cc1c(-n2c3ccc(-n4c5ccccc5c5ccccc54)cc3c3cc(-n4c5ccccc5c5ccccc54)ccc32)cc(-c2cc(F)cc(F)c2)cc1-n1c2ccc(-n3c4ccccc4c4ccccc43)cc2c2cc(-n3c4ccccc4c4ccccc43)ccc21. The lowest BCUT2D eigenvalue weighted by atomic mass is 9.99. The van der Waals surface area contributed by atoms with Gasteiger partial charge in [-0.15, -0.1) is 0 Å². The van der Waals surface area contributed by atoms with Crippen LogP contribution in [-0.4, -0.2) is 27.4 Å². The van der Waals surface area contributed by atoms with E-state index in [9.17, 15) is 5.26 Å². The molecular weight excluding hydrogens is 1160 g/mol. The summed E-state index contributed by atoms with van der Waals surface area (Å²) >= 11 is 0. The molecule has 0 spiro atoms. The van der Waals surface area contributed by atoms with Crippen LogP contribution in [0.2, 0.25) is 0 Å². The first-order valence-corrected chi connectivity index (χ1v) is 31.6. The van der Waals surface area contributed by atoms with Crippen LogP contribution in [0.25, 0.3) is 176 Å². The van der Waals surface area contributed by atoms with Crippen molar-refractivity contribution in [3.63, 3.8) is 0 Å². The van der Waals surface area contributed by atoms with E-state index in [0.29, 0.717) is 28.1 Å². The molecule has 0 atom stereocenters. The van der Waals surface area contributed by atoms with Crippen molar-refractivity contribution in [1.82, 2.24) is 27.4 Å². The molecule has 0 radical (unpaired) electrons. The van der Waals surface area contributed by atoms with Crippen LogP contribution in [0.5, 0.6) is 0 Å². The van der Waals surface area contributed by atoms with E-state index >= 15 is 8.78 Å². The Morgan fingerprint density at radius 3 is 0.660 bits per heavy atom. The third-order valence-electron chi connectivity index (χ3n) is 19.7. The lowest BCUT2D eigenvalue weighted by Crippen LogP contribution is -2.06. The zero-order chi connectivity index (χ0) is 62.0. The molecule has 438 valence electrons. The maximum absolute atomic E-state index is 15.9. The van der Waals surface area contributed by atoms with Gasteiger partial charge < -0.3 is 27.4 Å². The third-order valence-corrected chi connectivity index (χ3v) is 19.7. The van der Waals surface area contributed by atoms with Crippen molar-refractivity contribution >= 4 is 131 Å². The Balaban J connectivity index is 0.898. The highest BCUT2D eigenvalue weighted by Crippen LogP contribution is 2.45. The topological polar surface area (TPSA) is 53.4 Å². The van der Waals surface area contributed by atoms with E-state index in [1.54, 1.807) is 0 Å². The summed E-state index contributed by atoms with van der Waals surface area (Å²) in [6, 6.07) is 105. The molecule has 0 aliphatic heterocycles. The molecule has 0 bridgehead atoms. The number of nitrogens with zero attached hydrogens (tertiary/aromatic N) is 7. The summed E-state index contributed by atoms with van der Waals surface area (Å²) in [4.78, 5) is 0. The molecule has 6 heterocycles. The molecule has 7 nitrogen and oxygen atoms in total. The van der Waals surface area contributed by atoms with E-state index in [4.69, 9.17) is 0 Å². The number of hydrogen-bond donors (Lipinski definition) is 0. The van der Waals surface area contributed by atoms with E-state index in [2.05, 4.69) is 300 Å². The number of para-hydroxylation sites is 8. The van der Waals surface area contributed by atoms with Crippen LogP contribution < -0.4 is 0 Å². The zero-order valence-electron chi connectivity index (χ0n) is 50.2. The largest absolute Gasteiger partial charge is 0.309 e. The van der Waals surface area contributed by atoms with E-state index < -0.39 is 11.6 Å². The number of rotatable bonds is 7. The fraction of sp³-hybridized carbons (Fsp3) is 0. The molecule has 6 aromatic heterocycles.